The second-order valence-corrected chi connectivity index (χ2v) is 4.67. The van der Waals surface area contributed by atoms with Gasteiger partial charge in [-0.15, -0.1) is 0 Å². The Morgan fingerprint density at radius 2 is 1.47 bits per heavy atom. The highest BCUT2D eigenvalue weighted by molar-refractivity contribution is 5.75. The maximum absolute atomic E-state index is 10.4. The van der Waals surface area contributed by atoms with Gasteiger partial charge in [-0.2, -0.15) is 0 Å². The van der Waals surface area contributed by atoms with Crippen molar-refractivity contribution in [1.29, 1.82) is 0 Å². The summed E-state index contributed by atoms with van der Waals surface area (Å²) < 4.78 is 0. The molecule has 0 aliphatic rings. The number of rotatable bonds is 9. The molecular formula is C16H23O. The van der Waals surface area contributed by atoms with E-state index in [1.807, 2.05) is 30.6 Å². The zero-order valence-electron chi connectivity index (χ0n) is 10.9. The molecule has 0 amide bonds. The number of benzene rings is 1. The third kappa shape index (κ3) is 6.25. The molecule has 0 bridgehead atoms. The Balaban J connectivity index is 2.07. The van der Waals surface area contributed by atoms with Gasteiger partial charge in [-0.3, -0.25) is 4.79 Å². The molecule has 0 atom stereocenters. The van der Waals surface area contributed by atoms with Gasteiger partial charge in [0.2, 0.25) is 6.29 Å². The molecule has 0 fully saturated rings. The van der Waals surface area contributed by atoms with Crippen LogP contribution in [0.3, 0.4) is 0 Å². The van der Waals surface area contributed by atoms with Crippen molar-refractivity contribution in [3.63, 3.8) is 0 Å². The van der Waals surface area contributed by atoms with E-state index in [9.17, 15) is 4.79 Å². The molecule has 0 saturated carbocycles. The van der Waals surface area contributed by atoms with Crippen LogP contribution in [0.1, 0.15) is 63.0 Å². The second-order valence-electron chi connectivity index (χ2n) is 4.67. The molecular weight excluding hydrogens is 208 g/mol. The standard InChI is InChI=1S/C16H23O/c1-2-3-4-5-6-7-8-9-15-10-12-16(14-17)13-11-15/h10-13H,2-9H2,1H3. The lowest BCUT2D eigenvalue weighted by Crippen LogP contribution is -1.87. The molecule has 1 nitrogen and oxygen atoms in total. The van der Waals surface area contributed by atoms with E-state index in [1.54, 1.807) is 0 Å². The Morgan fingerprint density at radius 1 is 0.882 bits per heavy atom. The van der Waals surface area contributed by atoms with E-state index in [0.29, 0.717) is 5.56 Å². The molecule has 0 aliphatic carbocycles. The molecule has 0 aromatic heterocycles. The SMILES string of the molecule is CCCCCCCCCc1ccc([C]=O)cc1. The van der Waals surface area contributed by atoms with Crippen molar-refractivity contribution in [2.75, 3.05) is 0 Å². The molecule has 1 radical (unpaired) electrons. The molecule has 0 N–H and O–H groups in total. The molecule has 1 aromatic carbocycles. The summed E-state index contributed by atoms with van der Waals surface area (Å²) >= 11 is 0. The van der Waals surface area contributed by atoms with Crippen LogP contribution in [0.25, 0.3) is 0 Å². The number of carbonyl (C=O) groups excluding carboxylic acids is 1. The predicted octanol–water partition coefficient (Wildman–Crippen LogP) is 4.44. The summed E-state index contributed by atoms with van der Waals surface area (Å²) in [5, 5.41) is 0. The molecule has 0 aliphatic heterocycles. The van der Waals surface area contributed by atoms with Crippen LogP contribution in [0.2, 0.25) is 0 Å². The number of unbranched alkanes of at least 4 members (excludes halogenated alkanes) is 6. The first kappa shape index (κ1) is 14.0. The van der Waals surface area contributed by atoms with Gasteiger partial charge in [-0.25, -0.2) is 0 Å². The molecule has 1 aromatic rings. The fourth-order valence-corrected chi connectivity index (χ4v) is 2.03. The highest BCUT2D eigenvalue weighted by Crippen LogP contribution is 2.11. The summed E-state index contributed by atoms with van der Waals surface area (Å²) in [5.41, 5.74) is 1.98. The summed E-state index contributed by atoms with van der Waals surface area (Å²) in [7, 11) is 0. The normalized spacial score (nSPS) is 10.4. The van der Waals surface area contributed by atoms with E-state index in [4.69, 9.17) is 0 Å². The summed E-state index contributed by atoms with van der Waals surface area (Å²) in [6.07, 6.45) is 12.4. The molecule has 1 heteroatoms. The first-order valence-corrected chi connectivity index (χ1v) is 6.84. The molecule has 1 rings (SSSR count). The van der Waals surface area contributed by atoms with Gasteiger partial charge < -0.3 is 0 Å². The summed E-state index contributed by atoms with van der Waals surface area (Å²) in [6, 6.07) is 7.78. The Kier molecular flexibility index (Phi) is 7.37. The van der Waals surface area contributed by atoms with Gasteiger partial charge in [0, 0.05) is 5.56 Å². The van der Waals surface area contributed by atoms with Gasteiger partial charge in [0.25, 0.3) is 0 Å². The van der Waals surface area contributed by atoms with E-state index < -0.39 is 0 Å². The van der Waals surface area contributed by atoms with Crippen molar-refractivity contribution < 1.29 is 4.79 Å². The lowest BCUT2D eigenvalue weighted by molar-refractivity contribution is 0.562. The molecule has 0 spiro atoms. The zero-order valence-corrected chi connectivity index (χ0v) is 10.9. The van der Waals surface area contributed by atoms with Gasteiger partial charge in [0.05, 0.1) is 0 Å². The van der Waals surface area contributed by atoms with Crippen LogP contribution >= 0.6 is 0 Å². The van der Waals surface area contributed by atoms with Crippen molar-refractivity contribution in [1.82, 2.24) is 0 Å². The topological polar surface area (TPSA) is 17.1 Å². The summed E-state index contributed by atoms with van der Waals surface area (Å²) in [4.78, 5) is 10.4. The minimum Gasteiger partial charge on any atom is -0.285 e. The van der Waals surface area contributed by atoms with Crippen LogP contribution < -0.4 is 0 Å². The molecule has 0 saturated heterocycles. The largest absolute Gasteiger partial charge is 0.285 e. The monoisotopic (exact) mass is 231 g/mol. The smallest absolute Gasteiger partial charge is 0.233 e. The highest BCUT2D eigenvalue weighted by Gasteiger charge is 1.95. The fourth-order valence-electron chi connectivity index (χ4n) is 2.03. The Labute approximate surface area is 105 Å². The van der Waals surface area contributed by atoms with Crippen molar-refractivity contribution in [2.45, 2.75) is 58.3 Å². The number of hydrogen-bond acceptors (Lipinski definition) is 1. The third-order valence-corrected chi connectivity index (χ3v) is 3.14. The molecule has 93 valence electrons. The Hall–Kier alpha value is -1.11. The van der Waals surface area contributed by atoms with Gasteiger partial charge >= 0.3 is 0 Å². The van der Waals surface area contributed by atoms with Crippen LogP contribution in [0.15, 0.2) is 24.3 Å². The van der Waals surface area contributed by atoms with Crippen LogP contribution in [0, 0.1) is 0 Å². The maximum Gasteiger partial charge on any atom is 0.233 e. The van der Waals surface area contributed by atoms with Crippen LogP contribution in [-0.4, -0.2) is 6.29 Å². The minimum absolute atomic E-state index is 0.647. The quantitative estimate of drug-likeness (QED) is 0.574. The van der Waals surface area contributed by atoms with E-state index in [-0.39, 0.29) is 0 Å². The van der Waals surface area contributed by atoms with Crippen LogP contribution in [-0.2, 0) is 11.2 Å². The third-order valence-electron chi connectivity index (χ3n) is 3.14. The van der Waals surface area contributed by atoms with Crippen molar-refractivity contribution >= 4 is 6.29 Å². The lowest BCUT2D eigenvalue weighted by atomic mass is 10.0. The van der Waals surface area contributed by atoms with Crippen molar-refractivity contribution in [3.8, 4) is 0 Å². The first-order chi connectivity index (χ1) is 8.36. The summed E-state index contributed by atoms with van der Waals surface area (Å²) in [6.45, 7) is 2.25. The van der Waals surface area contributed by atoms with Crippen LogP contribution in [0.4, 0.5) is 0 Å². The average molecular weight is 231 g/mol. The van der Waals surface area contributed by atoms with E-state index in [1.165, 1.54) is 50.5 Å². The Bertz CT molecular complexity index is 300. The van der Waals surface area contributed by atoms with Crippen molar-refractivity contribution in [2.24, 2.45) is 0 Å². The van der Waals surface area contributed by atoms with Crippen LogP contribution in [0.5, 0.6) is 0 Å². The highest BCUT2D eigenvalue weighted by atomic mass is 16.1. The average Bonchev–Trinajstić information content (AvgIpc) is 2.38. The fraction of sp³-hybridized carbons (Fsp3) is 0.562. The van der Waals surface area contributed by atoms with Gasteiger partial charge in [0.1, 0.15) is 0 Å². The summed E-state index contributed by atoms with van der Waals surface area (Å²) in [5.74, 6) is 0. The maximum atomic E-state index is 10.4. The van der Waals surface area contributed by atoms with E-state index in [0.717, 1.165) is 6.42 Å². The Morgan fingerprint density at radius 3 is 2.06 bits per heavy atom. The van der Waals surface area contributed by atoms with Gasteiger partial charge in [-0.1, -0.05) is 69.7 Å². The minimum atomic E-state index is 0.647. The molecule has 0 heterocycles. The predicted molar refractivity (Wildman–Crippen MR) is 72.9 cm³/mol. The van der Waals surface area contributed by atoms with Gasteiger partial charge in [-0.05, 0) is 18.4 Å². The number of aryl methyl sites for hydroxylation is 1. The van der Waals surface area contributed by atoms with E-state index in [2.05, 4.69) is 6.92 Å². The zero-order chi connectivity index (χ0) is 12.3. The van der Waals surface area contributed by atoms with Crippen molar-refractivity contribution in [3.05, 3.63) is 35.4 Å². The first-order valence-electron chi connectivity index (χ1n) is 6.84. The molecule has 0 unspecified atom stereocenters. The second kappa shape index (κ2) is 8.98. The lowest BCUT2D eigenvalue weighted by Gasteiger charge is -2.02. The van der Waals surface area contributed by atoms with Gasteiger partial charge in [0.15, 0.2) is 0 Å². The molecule has 17 heavy (non-hydrogen) atoms. The number of hydrogen-bond donors (Lipinski definition) is 0. The van der Waals surface area contributed by atoms with E-state index >= 15 is 0 Å².